The van der Waals surface area contributed by atoms with Gasteiger partial charge in [-0.25, -0.2) is 0 Å². The predicted molar refractivity (Wildman–Crippen MR) is 52.0 cm³/mol. The summed E-state index contributed by atoms with van der Waals surface area (Å²) < 4.78 is 5.01. The van der Waals surface area contributed by atoms with Crippen LogP contribution < -0.4 is 0 Å². The van der Waals surface area contributed by atoms with Crippen molar-refractivity contribution in [2.75, 3.05) is 12.9 Å². The molecule has 1 rings (SSSR count). The van der Waals surface area contributed by atoms with E-state index in [1.165, 1.54) is 0 Å². The third kappa shape index (κ3) is 2.32. The summed E-state index contributed by atoms with van der Waals surface area (Å²) >= 11 is 0. The maximum atomic E-state index is 9.59. The molecule has 0 bridgehead atoms. The topological polar surface area (TPSA) is 49.7 Å². The molecule has 1 aliphatic heterocycles. The van der Waals surface area contributed by atoms with Gasteiger partial charge in [-0.15, -0.1) is 0 Å². The summed E-state index contributed by atoms with van der Waals surface area (Å²) in [7, 11) is 3.16. The van der Waals surface area contributed by atoms with Crippen molar-refractivity contribution in [2.45, 2.75) is 17.5 Å². The molecule has 0 aromatic carbocycles. The molecule has 3 nitrogen and oxygen atoms in total. The molecule has 0 fully saturated rings. The Hall–Kier alpha value is 0.160. The lowest BCUT2D eigenvalue weighted by atomic mass is 10.1. The Morgan fingerprint density at radius 3 is 2.92 bits per heavy atom. The Morgan fingerprint density at radius 1 is 1.58 bits per heavy atom. The average Bonchev–Trinajstić information content (AvgIpc) is 2.09. The van der Waals surface area contributed by atoms with Gasteiger partial charge in [0.25, 0.3) is 0 Å². The van der Waals surface area contributed by atoms with Gasteiger partial charge in [0.05, 0.1) is 18.1 Å². The number of ether oxygens (including phenoxy) is 1. The zero-order valence-electron chi connectivity index (χ0n) is 6.71. The Balaban J connectivity index is 2.52. The van der Waals surface area contributed by atoms with E-state index in [0.29, 0.717) is 0 Å². The quantitative estimate of drug-likeness (QED) is 0.666. The number of hydrogen-bond acceptors (Lipinski definition) is 5. The minimum atomic E-state index is -0.613. The van der Waals surface area contributed by atoms with Crippen LogP contribution in [0.3, 0.4) is 0 Å². The fourth-order valence-electron chi connectivity index (χ4n) is 0.981. The first-order valence-electron chi connectivity index (χ1n) is 3.60. The van der Waals surface area contributed by atoms with Crippen molar-refractivity contribution < 1.29 is 14.9 Å². The van der Waals surface area contributed by atoms with Gasteiger partial charge in [0.2, 0.25) is 0 Å². The van der Waals surface area contributed by atoms with Gasteiger partial charge in [0.15, 0.2) is 0 Å². The fourth-order valence-corrected chi connectivity index (χ4v) is 2.82. The van der Waals surface area contributed by atoms with Gasteiger partial charge in [-0.2, -0.15) is 0 Å². The minimum Gasteiger partial charge on any atom is -0.493 e. The molecule has 2 N–H and O–H groups in total. The SMILES string of the molecule is CSSC1C=COC(CO)[C@@H]1O. The smallest absolute Gasteiger partial charge is 0.148 e. The summed E-state index contributed by atoms with van der Waals surface area (Å²) in [6.45, 7) is -0.142. The summed E-state index contributed by atoms with van der Waals surface area (Å²) in [6.07, 6.45) is 4.21. The molecule has 5 heteroatoms. The van der Waals surface area contributed by atoms with E-state index in [-0.39, 0.29) is 11.9 Å². The second-order valence-corrected chi connectivity index (χ2v) is 5.05. The average molecular weight is 208 g/mol. The summed E-state index contributed by atoms with van der Waals surface area (Å²) in [4.78, 5) is 0. The number of rotatable bonds is 3. The van der Waals surface area contributed by atoms with Gasteiger partial charge in [0, 0.05) is 0 Å². The molecule has 70 valence electrons. The first-order valence-corrected chi connectivity index (χ1v) is 6.22. The largest absolute Gasteiger partial charge is 0.493 e. The first-order chi connectivity index (χ1) is 5.79. The van der Waals surface area contributed by atoms with Crippen LogP contribution in [0.1, 0.15) is 0 Å². The Morgan fingerprint density at radius 2 is 2.33 bits per heavy atom. The molecule has 0 amide bonds. The molecule has 0 aromatic heterocycles. The summed E-state index contributed by atoms with van der Waals surface area (Å²) in [5.74, 6) is 0. The van der Waals surface area contributed by atoms with Crippen molar-refractivity contribution in [1.29, 1.82) is 0 Å². The monoisotopic (exact) mass is 208 g/mol. The van der Waals surface area contributed by atoms with Gasteiger partial charge in [-0.3, -0.25) is 0 Å². The zero-order valence-corrected chi connectivity index (χ0v) is 8.35. The molecule has 1 heterocycles. The van der Waals surface area contributed by atoms with Crippen LogP contribution in [0.15, 0.2) is 12.3 Å². The maximum Gasteiger partial charge on any atom is 0.148 e. The van der Waals surface area contributed by atoms with Crippen molar-refractivity contribution in [3.63, 3.8) is 0 Å². The maximum absolute atomic E-state index is 9.59. The van der Waals surface area contributed by atoms with E-state index >= 15 is 0 Å². The lowest BCUT2D eigenvalue weighted by Gasteiger charge is -2.28. The van der Waals surface area contributed by atoms with E-state index in [1.807, 2.05) is 6.26 Å². The van der Waals surface area contributed by atoms with Gasteiger partial charge in [-0.05, 0) is 12.3 Å². The van der Waals surface area contributed by atoms with E-state index in [9.17, 15) is 5.11 Å². The lowest BCUT2D eigenvalue weighted by molar-refractivity contribution is -0.0283. The lowest BCUT2D eigenvalue weighted by Crippen LogP contribution is -2.40. The molecule has 0 radical (unpaired) electrons. The third-order valence-electron chi connectivity index (χ3n) is 1.63. The van der Waals surface area contributed by atoms with Gasteiger partial charge >= 0.3 is 0 Å². The Bertz CT molecular complexity index is 163. The number of aliphatic hydroxyl groups excluding tert-OH is 2. The van der Waals surface area contributed by atoms with Gasteiger partial charge in [-0.1, -0.05) is 21.6 Å². The first kappa shape index (κ1) is 10.2. The molecule has 12 heavy (non-hydrogen) atoms. The summed E-state index contributed by atoms with van der Waals surface area (Å²) in [5, 5.41) is 18.4. The highest BCUT2D eigenvalue weighted by Gasteiger charge is 2.29. The normalized spacial score (nSPS) is 34.8. The standard InChI is InChI=1S/C7H12O3S2/c1-11-12-6-2-3-10-5(4-8)7(6)9/h2-3,5-9H,4H2,1H3/t5?,6?,7-/m0/s1. The number of hydrogen-bond donors (Lipinski definition) is 2. The summed E-state index contributed by atoms with van der Waals surface area (Å²) in [5.41, 5.74) is 0. The molecule has 0 saturated heterocycles. The molecule has 1 aliphatic rings. The molecule has 2 unspecified atom stereocenters. The van der Waals surface area contributed by atoms with Crippen LogP contribution >= 0.6 is 21.6 Å². The van der Waals surface area contributed by atoms with Crippen molar-refractivity contribution >= 4 is 21.6 Å². The van der Waals surface area contributed by atoms with Crippen LogP contribution in [0.25, 0.3) is 0 Å². The highest BCUT2D eigenvalue weighted by atomic mass is 33.1. The summed E-state index contributed by atoms with van der Waals surface area (Å²) in [6, 6.07) is 0. The highest BCUT2D eigenvalue weighted by Crippen LogP contribution is 2.30. The van der Waals surface area contributed by atoms with Crippen LogP contribution in [0, 0.1) is 0 Å². The highest BCUT2D eigenvalue weighted by molar-refractivity contribution is 8.76. The van der Waals surface area contributed by atoms with Crippen molar-refractivity contribution in [1.82, 2.24) is 0 Å². The van der Waals surface area contributed by atoms with Crippen molar-refractivity contribution in [2.24, 2.45) is 0 Å². The third-order valence-corrected chi connectivity index (χ3v) is 3.72. The van der Waals surface area contributed by atoms with E-state index in [0.717, 1.165) is 0 Å². The molecule has 3 atom stereocenters. The Kier molecular flexibility index (Phi) is 4.28. The molecule has 0 aromatic rings. The molecular formula is C7H12O3S2. The van der Waals surface area contributed by atoms with E-state index in [2.05, 4.69) is 0 Å². The second-order valence-electron chi connectivity index (χ2n) is 2.40. The zero-order chi connectivity index (χ0) is 8.97. The van der Waals surface area contributed by atoms with Crippen LogP contribution in [0.2, 0.25) is 0 Å². The van der Waals surface area contributed by atoms with Crippen molar-refractivity contribution in [3.8, 4) is 0 Å². The van der Waals surface area contributed by atoms with Crippen molar-refractivity contribution in [3.05, 3.63) is 12.3 Å². The Labute approximate surface area is 79.6 Å². The van der Waals surface area contributed by atoms with Crippen LogP contribution in [0.5, 0.6) is 0 Å². The molecule has 0 aliphatic carbocycles. The molecular weight excluding hydrogens is 196 g/mol. The van der Waals surface area contributed by atoms with Crippen LogP contribution in [-0.4, -0.2) is 40.5 Å². The number of aliphatic hydroxyl groups is 2. The van der Waals surface area contributed by atoms with E-state index in [1.54, 1.807) is 33.9 Å². The minimum absolute atomic E-state index is 0.0194. The van der Waals surface area contributed by atoms with E-state index < -0.39 is 12.2 Å². The molecule has 0 saturated carbocycles. The second kappa shape index (κ2) is 5.01. The van der Waals surface area contributed by atoms with Gasteiger partial charge in [0.1, 0.15) is 12.2 Å². The van der Waals surface area contributed by atoms with Gasteiger partial charge < -0.3 is 14.9 Å². The van der Waals surface area contributed by atoms with Crippen LogP contribution in [0.4, 0.5) is 0 Å². The van der Waals surface area contributed by atoms with E-state index in [4.69, 9.17) is 9.84 Å². The molecule has 0 spiro atoms. The fraction of sp³-hybridized carbons (Fsp3) is 0.714. The van der Waals surface area contributed by atoms with Crippen LogP contribution in [-0.2, 0) is 4.74 Å². The predicted octanol–water partition coefficient (Wildman–Crippen LogP) is 0.632.